The van der Waals surface area contributed by atoms with Gasteiger partial charge in [-0.15, -0.1) is 10.2 Å². The van der Waals surface area contributed by atoms with E-state index in [4.69, 9.17) is 4.42 Å². The van der Waals surface area contributed by atoms with Crippen molar-refractivity contribution in [3.05, 3.63) is 65.7 Å². The quantitative estimate of drug-likeness (QED) is 0.638. The molecule has 1 heterocycles. The Bertz CT molecular complexity index is 847. The molecule has 1 amide bonds. The molecule has 3 rings (SSSR count). The Morgan fingerprint density at radius 1 is 1.12 bits per heavy atom. The largest absolute Gasteiger partial charge is 0.411 e. The Balaban J connectivity index is 1.47. The van der Waals surface area contributed by atoms with Crippen molar-refractivity contribution >= 4 is 17.7 Å². The normalized spacial score (nSPS) is 11.9. The van der Waals surface area contributed by atoms with Crippen molar-refractivity contribution < 1.29 is 9.21 Å². The number of hydrogen-bond donors (Lipinski definition) is 1. The molecule has 0 aliphatic carbocycles. The van der Waals surface area contributed by atoms with Crippen molar-refractivity contribution in [2.45, 2.75) is 25.0 Å². The Labute approximate surface area is 157 Å². The first-order valence-corrected chi connectivity index (χ1v) is 9.45. The predicted molar refractivity (Wildman–Crippen MR) is 103 cm³/mol. The van der Waals surface area contributed by atoms with Crippen molar-refractivity contribution in [2.75, 3.05) is 12.3 Å². The Kier molecular flexibility index (Phi) is 6.07. The highest BCUT2D eigenvalue weighted by Gasteiger charge is 2.12. The molecule has 2 aromatic carbocycles. The van der Waals surface area contributed by atoms with E-state index >= 15 is 0 Å². The first kappa shape index (κ1) is 18.2. The Morgan fingerprint density at radius 3 is 2.58 bits per heavy atom. The molecule has 0 saturated heterocycles. The van der Waals surface area contributed by atoms with Crippen LogP contribution in [-0.2, 0) is 4.79 Å². The van der Waals surface area contributed by atoms with Gasteiger partial charge in [0.1, 0.15) is 0 Å². The summed E-state index contributed by atoms with van der Waals surface area (Å²) in [5.74, 6) is 0.928. The van der Waals surface area contributed by atoms with Crippen molar-refractivity contribution in [1.29, 1.82) is 0 Å². The fourth-order valence-corrected chi connectivity index (χ4v) is 3.02. The third kappa shape index (κ3) is 4.95. The molecule has 0 unspecified atom stereocenters. The number of aryl methyl sites for hydroxylation is 1. The number of carbonyl (C=O) groups is 1. The maximum Gasteiger partial charge on any atom is 0.277 e. The van der Waals surface area contributed by atoms with Crippen molar-refractivity contribution in [3.63, 3.8) is 0 Å². The molecule has 1 aromatic heterocycles. The SMILES string of the molecule is Cc1ccc(-c2nnc(SCC(=O)NC[C@@H](C)c3ccccc3)o2)cc1. The van der Waals surface area contributed by atoms with E-state index in [1.54, 1.807) is 0 Å². The topological polar surface area (TPSA) is 68.0 Å². The number of carbonyl (C=O) groups excluding carboxylic acids is 1. The zero-order valence-corrected chi connectivity index (χ0v) is 15.6. The molecule has 0 spiro atoms. The van der Waals surface area contributed by atoms with Gasteiger partial charge in [-0.25, -0.2) is 0 Å². The lowest BCUT2D eigenvalue weighted by Crippen LogP contribution is -2.28. The van der Waals surface area contributed by atoms with Crippen LogP contribution in [0.2, 0.25) is 0 Å². The number of thioether (sulfide) groups is 1. The molecule has 1 N–H and O–H groups in total. The summed E-state index contributed by atoms with van der Waals surface area (Å²) in [6.45, 7) is 4.71. The number of benzene rings is 2. The Morgan fingerprint density at radius 2 is 1.85 bits per heavy atom. The summed E-state index contributed by atoms with van der Waals surface area (Å²) < 4.78 is 5.62. The van der Waals surface area contributed by atoms with Crippen molar-refractivity contribution in [3.8, 4) is 11.5 Å². The molecule has 0 fully saturated rings. The molecular formula is C20H21N3O2S. The number of nitrogens with one attached hydrogen (secondary N) is 1. The number of aromatic nitrogens is 2. The highest BCUT2D eigenvalue weighted by Crippen LogP contribution is 2.23. The standard InChI is InChI=1S/C20H21N3O2S/c1-14-8-10-17(11-9-14)19-22-23-20(25-19)26-13-18(24)21-12-15(2)16-6-4-3-5-7-16/h3-11,15H,12-13H2,1-2H3,(H,21,24)/t15-/m1/s1. The molecule has 0 saturated carbocycles. The predicted octanol–water partition coefficient (Wildman–Crippen LogP) is 4.06. The van der Waals surface area contributed by atoms with Crippen LogP contribution in [0, 0.1) is 6.92 Å². The van der Waals surface area contributed by atoms with E-state index in [-0.39, 0.29) is 17.6 Å². The van der Waals surface area contributed by atoms with Gasteiger partial charge < -0.3 is 9.73 Å². The second-order valence-corrected chi connectivity index (χ2v) is 7.07. The van der Waals surface area contributed by atoms with Gasteiger partial charge in [0.15, 0.2) is 0 Å². The van der Waals surface area contributed by atoms with Gasteiger partial charge >= 0.3 is 0 Å². The third-order valence-electron chi connectivity index (χ3n) is 4.01. The molecule has 1 atom stereocenters. The van der Waals surface area contributed by atoms with E-state index in [2.05, 4.69) is 34.6 Å². The summed E-state index contributed by atoms with van der Waals surface area (Å²) in [6, 6.07) is 18.0. The van der Waals surface area contributed by atoms with Crippen molar-refractivity contribution in [2.24, 2.45) is 0 Å². The zero-order chi connectivity index (χ0) is 18.4. The molecule has 0 aliphatic rings. The van der Waals surface area contributed by atoms with Crippen LogP contribution < -0.4 is 5.32 Å². The molecule has 3 aromatic rings. The summed E-state index contributed by atoms with van der Waals surface area (Å²) >= 11 is 1.24. The fraction of sp³-hybridized carbons (Fsp3) is 0.250. The zero-order valence-electron chi connectivity index (χ0n) is 14.8. The van der Waals surface area contributed by atoms with Crippen LogP contribution in [0.25, 0.3) is 11.5 Å². The highest BCUT2D eigenvalue weighted by atomic mass is 32.2. The first-order chi connectivity index (χ1) is 12.6. The minimum absolute atomic E-state index is 0.0483. The number of hydrogen-bond acceptors (Lipinski definition) is 5. The minimum Gasteiger partial charge on any atom is -0.411 e. The molecule has 26 heavy (non-hydrogen) atoms. The molecule has 0 aliphatic heterocycles. The van der Waals surface area contributed by atoms with Crippen LogP contribution in [0.3, 0.4) is 0 Å². The maximum absolute atomic E-state index is 12.0. The van der Waals surface area contributed by atoms with Crippen LogP contribution in [-0.4, -0.2) is 28.4 Å². The van der Waals surface area contributed by atoms with Crippen LogP contribution in [0.4, 0.5) is 0 Å². The van der Waals surface area contributed by atoms with Gasteiger partial charge in [-0.05, 0) is 30.5 Å². The molecular weight excluding hydrogens is 346 g/mol. The smallest absolute Gasteiger partial charge is 0.277 e. The third-order valence-corrected chi connectivity index (χ3v) is 4.82. The van der Waals surface area contributed by atoms with Gasteiger partial charge in [0, 0.05) is 12.1 Å². The molecule has 134 valence electrons. The number of rotatable bonds is 7. The second-order valence-electron chi connectivity index (χ2n) is 6.14. The molecule has 0 bridgehead atoms. The summed E-state index contributed by atoms with van der Waals surface area (Å²) in [4.78, 5) is 12.0. The van der Waals surface area contributed by atoms with Gasteiger partial charge in [-0.3, -0.25) is 4.79 Å². The van der Waals surface area contributed by atoms with Gasteiger partial charge in [0.2, 0.25) is 11.8 Å². The van der Waals surface area contributed by atoms with E-state index < -0.39 is 0 Å². The summed E-state index contributed by atoms with van der Waals surface area (Å²) in [5.41, 5.74) is 3.25. The maximum atomic E-state index is 12.0. The lowest BCUT2D eigenvalue weighted by atomic mass is 10.0. The van der Waals surface area contributed by atoms with Gasteiger partial charge in [0.05, 0.1) is 5.75 Å². The molecule has 5 nitrogen and oxygen atoms in total. The summed E-state index contributed by atoms with van der Waals surface area (Å²) in [7, 11) is 0. The minimum atomic E-state index is -0.0483. The average molecular weight is 367 g/mol. The monoisotopic (exact) mass is 367 g/mol. The average Bonchev–Trinajstić information content (AvgIpc) is 3.14. The number of amides is 1. The van der Waals surface area contributed by atoms with Gasteiger partial charge in [-0.2, -0.15) is 0 Å². The lowest BCUT2D eigenvalue weighted by Gasteiger charge is -2.12. The summed E-state index contributed by atoms with van der Waals surface area (Å²) in [5, 5.41) is 11.4. The van der Waals surface area contributed by atoms with Gasteiger partial charge in [0.25, 0.3) is 5.22 Å². The van der Waals surface area contributed by atoms with Crippen LogP contribution >= 0.6 is 11.8 Å². The van der Waals surface area contributed by atoms with Crippen LogP contribution in [0.1, 0.15) is 24.0 Å². The molecule has 0 radical (unpaired) electrons. The van der Waals surface area contributed by atoms with Crippen LogP contribution in [0.15, 0.2) is 64.2 Å². The highest BCUT2D eigenvalue weighted by molar-refractivity contribution is 7.99. The van der Waals surface area contributed by atoms with E-state index in [1.165, 1.54) is 22.9 Å². The molecule has 6 heteroatoms. The van der Waals surface area contributed by atoms with Gasteiger partial charge in [-0.1, -0.05) is 66.7 Å². The summed E-state index contributed by atoms with van der Waals surface area (Å²) in [6.07, 6.45) is 0. The fourth-order valence-electron chi connectivity index (χ4n) is 2.43. The van der Waals surface area contributed by atoms with E-state index in [1.807, 2.05) is 49.4 Å². The number of nitrogens with zero attached hydrogens (tertiary/aromatic N) is 2. The van der Waals surface area contributed by atoms with Crippen LogP contribution in [0.5, 0.6) is 0 Å². The second kappa shape index (κ2) is 8.67. The van der Waals surface area contributed by atoms with E-state index in [0.29, 0.717) is 17.7 Å². The lowest BCUT2D eigenvalue weighted by molar-refractivity contribution is -0.118. The van der Waals surface area contributed by atoms with E-state index in [0.717, 1.165) is 5.56 Å². The van der Waals surface area contributed by atoms with E-state index in [9.17, 15) is 4.79 Å². The Hall–Kier alpha value is -2.60. The van der Waals surface area contributed by atoms with Crippen molar-refractivity contribution in [1.82, 2.24) is 15.5 Å². The first-order valence-electron chi connectivity index (χ1n) is 8.47.